The minimum atomic E-state index is -0.320. The smallest absolute Gasteiger partial charge is 0.340 e. The number of fused-ring (bicyclic) bond motifs is 1. The van der Waals surface area contributed by atoms with Gasteiger partial charge in [-0.15, -0.1) is 0 Å². The van der Waals surface area contributed by atoms with Crippen LogP contribution >= 0.6 is 0 Å². The van der Waals surface area contributed by atoms with Crippen LogP contribution in [0.4, 0.5) is 0 Å². The summed E-state index contributed by atoms with van der Waals surface area (Å²) in [5.74, 6) is -0.320. The molecule has 2 aromatic heterocycles. The summed E-state index contributed by atoms with van der Waals surface area (Å²) >= 11 is 0. The first-order valence-electron chi connectivity index (χ1n) is 8.75. The van der Waals surface area contributed by atoms with Crippen LogP contribution < -0.4 is 0 Å². The molecule has 128 valence electrons. The lowest BCUT2D eigenvalue weighted by Gasteiger charge is -2.59. The maximum Gasteiger partial charge on any atom is 0.340 e. The molecule has 0 radical (unpaired) electrons. The van der Waals surface area contributed by atoms with Crippen molar-refractivity contribution >= 4 is 17.1 Å². The van der Waals surface area contributed by atoms with E-state index in [0.29, 0.717) is 17.9 Å². The Morgan fingerprint density at radius 3 is 2.88 bits per heavy atom. The Morgan fingerprint density at radius 2 is 2.21 bits per heavy atom. The summed E-state index contributed by atoms with van der Waals surface area (Å²) in [6, 6.07) is 1.77. The number of aryl methyl sites for hydroxylation is 1. The molecule has 4 rings (SSSR count). The van der Waals surface area contributed by atoms with Gasteiger partial charge < -0.3 is 14.0 Å². The number of aromatic nitrogens is 2. The van der Waals surface area contributed by atoms with E-state index in [1.54, 1.807) is 6.07 Å². The topological polar surface area (TPSA) is 74.5 Å². The second-order valence-electron chi connectivity index (χ2n) is 6.72. The van der Waals surface area contributed by atoms with Gasteiger partial charge in [-0.2, -0.15) is 0 Å². The molecule has 0 bridgehead atoms. The number of carbonyl (C=O) groups is 1. The maximum atomic E-state index is 12.6. The third-order valence-corrected chi connectivity index (χ3v) is 5.59. The van der Waals surface area contributed by atoms with Crippen LogP contribution in [0.5, 0.6) is 0 Å². The molecular weight excluding hydrogens is 308 g/mol. The quantitative estimate of drug-likeness (QED) is 0.783. The van der Waals surface area contributed by atoms with E-state index in [-0.39, 0.29) is 23.6 Å². The summed E-state index contributed by atoms with van der Waals surface area (Å²) in [5.41, 5.74) is 1.77. The summed E-state index contributed by atoms with van der Waals surface area (Å²) in [5, 5.41) is 4.76. The van der Waals surface area contributed by atoms with Crippen molar-refractivity contribution in [3.63, 3.8) is 0 Å². The average Bonchev–Trinajstić information content (AvgIpc) is 2.94. The Balaban J connectivity index is 1.50. The van der Waals surface area contributed by atoms with Crippen molar-refractivity contribution in [1.82, 2.24) is 10.1 Å². The summed E-state index contributed by atoms with van der Waals surface area (Å²) in [7, 11) is 0. The van der Waals surface area contributed by atoms with Gasteiger partial charge in [0.2, 0.25) is 0 Å². The molecule has 2 atom stereocenters. The van der Waals surface area contributed by atoms with Crippen molar-refractivity contribution in [2.75, 3.05) is 6.61 Å². The predicted octanol–water partition coefficient (Wildman–Crippen LogP) is 3.29. The highest BCUT2D eigenvalue weighted by Crippen LogP contribution is 2.58. The van der Waals surface area contributed by atoms with Gasteiger partial charge in [0, 0.05) is 24.6 Å². The van der Waals surface area contributed by atoms with Crippen molar-refractivity contribution in [3.05, 3.63) is 23.5 Å². The molecule has 0 unspecified atom stereocenters. The minimum absolute atomic E-state index is 0.0425. The van der Waals surface area contributed by atoms with Gasteiger partial charge in [0.15, 0.2) is 0 Å². The monoisotopic (exact) mass is 330 g/mol. The third kappa shape index (κ3) is 2.24. The first-order valence-corrected chi connectivity index (χ1v) is 8.75. The van der Waals surface area contributed by atoms with Crippen molar-refractivity contribution < 1.29 is 18.8 Å². The SMILES string of the molecule is CCO[C@H]1C[C@H](OC(=O)c2cnc3onc(CC)c3c2)C12CCC2. The zero-order chi connectivity index (χ0) is 16.7. The van der Waals surface area contributed by atoms with Crippen LogP contribution in [0.15, 0.2) is 16.8 Å². The first-order chi connectivity index (χ1) is 11.7. The number of ether oxygens (including phenoxy) is 2. The molecule has 2 aromatic rings. The number of hydrogen-bond donors (Lipinski definition) is 0. The highest BCUT2D eigenvalue weighted by atomic mass is 16.6. The molecule has 0 saturated heterocycles. The highest BCUT2D eigenvalue weighted by molar-refractivity contribution is 5.93. The second-order valence-corrected chi connectivity index (χ2v) is 6.72. The van der Waals surface area contributed by atoms with Crippen molar-refractivity contribution in [2.45, 2.75) is 58.2 Å². The van der Waals surface area contributed by atoms with E-state index in [0.717, 1.165) is 36.8 Å². The van der Waals surface area contributed by atoms with Crippen LogP contribution in [0.1, 0.15) is 55.6 Å². The lowest BCUT2D eigenvalue weighted by atomic mass is 9.52. The van der Waals surface area contributed by atoms with Gasteiger partial charge in [-0.25, -0.2) is 9.78 Å². The summed E-state index contributed by atoms with van der Waals surface area (Å²) in [4.78, 5) is 16.7. The number of carbonyl (C=O) groups excluding carboxylic acids is 1. The van der Waals surface area contributed by atoms with Crippen LogP contribution in [0.25, 0.3) is 11.1 Å². The van der Waals surface area contributed by atoms with Crippen molar-refractivity contribution in [2.24, 2.45) is 5.41 Å². The Bertz CT molecular complexity index is 765. The van der Waals surface area contributed by atoms with Crippen LogP contribution in [-0.2, 0) is 15.9 Å². The molecule has 1 spiro atoms. The van der Waals surface area contributed by atoms with Gasteiger partial charge in [0.25, 0.3) is 5.71 Å². The molecule has 2 aliphatic carbocycles. The standard InChI is InChI=1S/C18H22N2O4/c1-3-13-12-8-11(10-19-16(12)24-20-13)17(21)23-15-9-14(22-4-2)18(15)6-5-7-18/h8,10,14-15H,3-7,9H2,1-2H3/t14-,15-/m0/s1. The van der Waals surface area contributed by atoms with Gasteiger partial charge in [0.1, 0.15) is 6.10 Å². The van der Waals surface area contributed by atoms with Gasteiger partial charge in [-0.1, -0.05) is 18.5 Å². The number of nitrogens with zero attached hydrogens (tertiary/aromatic N) is 2. The van der Waals surface area contributed by atoms with Crippen LogP contribution in [-0.4, -0.2) is 34.9 Å². The molecule has 0 aromatic carbocycles. The van der Waals surface area contributed by atoms with Gasteiger partial charge in [0.05, 0.1) is 22.7 Å². The molecule has 6 heteroatoms. The predicted molar refractivity (Wildman–Crippen MR) is 86.7 cm³/mol. The fraction of sp³-hybridized carbons (Fsp3) is 0.611. The number of esters is 1. The zero-order valence-corrected chi connectivity index (χ0v) is 14.1. The van der Waals surface area contributed by atoms with Crippen LogP contribution in [0.2, 0.25) is 0 Å². The largest absolute Gasteiger partial charge is 0.458 e. The molecule has 2 fully saturated rings. The first kappa shape index (κ1) is 15.6. The molecule has 0 aliphatic heterocycles. The molecule has 24 heavy (non-hydrogen) atoms. The molecule has 0 amide bonds. The Kier molecular flexibility index (Phi) is 3.79. The fourth-order valence-corrected chi connectivity index (χ4v) is 3.98. The van der Waals surface area contributed by atoms with Gasteiger partial charge in [-0.05, 0) is 32.3 Å². The average molecular weight is 330 g/mol. The van der Waals surface area contributed by atoms with E-state index in [2.05, 4.69) is 10.1 Å². The lowest BCUT2D eigenvalue weighted by molar-refractivity contribution is -0.224. The molecule has 0 N–H and O–H groups in total. The lowest BCUT2D eigenvalue weighted by Crippen LogP contribution is -2.63. The molecule has 6 nitrogen and oxygen atoms in total. The molecule has 2 aliphatic rings. The van der Waals surface area contributed by atoms with E-state index in [1.807, 2.05) is 13.8 Å². The Morgan fingerprint density at radius 1 is 1.38 bits per heavy atom. The van der Waals surface area contributed by atoms with Gasteiger partial charge >= 0.3 is 5.97 Å². The van der Waals surface area contributed by atoms with E-state index in [1.165, 1.54) is 12.6 Å². The number of pyridine rings is 1. The van der Waals surface area contributed by atoms with Crippen molar-refractivity contribution in [1.29, 1.82) is 0 Å². The normalized spacial score (nSPS) is 24.6. The number of hydrogen-bond acceptors (Lipinski definition) is 6. The number of rotatable bonds is 5. The Labute approximate surface area is 140 Å². The summed E-state index contributed by atoms with van der Waals surface area (Å²) < 4.78 is 16.8. The molecular formula is C18H22N2O4. The van der Waals surface area contributed by atoms with E-state index in [4.69, 9.17) is 14.0 Å². The Hall–Kier alpha value is -1.95. The molecule has 2 saturated carbocycles. The van der Waals surface area contributed by atoms with Gasteiger partial charge in [-0.3, -0.25) is 0 Å². The zero-order valence-electron chi connectivity index (χ0n) is 14.1. The maximum absolute atomic E-state index is 12.6. The van der Waals surface area contributed by atoms with Crippen molar-refractivity contribution in [3.8, 4) is 0 Å². The third-order valence-electron chi connectivity index (χ3n) is 5.59. The van der Waals surface area contributed by atoms with E-state index < -0.39 is 0 Å². The fourth-order valence-electron chi connectivity index (χ4n) is 3.98. The van der Waals surface area contributed by atoms with E-state index in [9.17, 15) is 4.79 Å². The van der Waals surface area contributed by atoms with Crippen LogP contribution in [0.3, 0.4) is 0 Å². The molecule has 2 heterocycles. The second kappa shape index (κ2) is 5.84. The summed E-state index contributed by atoms with van der Waals surface area (Å²) in [6.45, 7) is 4.71. The highest BCUT2D eigenvalue weighted by Gasteiger charge is 2.61. The van der Waals surface area contributed by atoms with Crippen LogP contribution in [0, 0.1) is 5.41 Å². The van der Waals surface area contributed by atoms with E-state index >= 15 is 0 Å². The minimum Gasteiger partial charge on any atom is -0.458 e. The summed E-state index contributed by atoms with van der Waals surface area (Å²) in [6.07, 6.45) is 6.57.